The maximum absolute atomic E-state index is 12.1. The molecule has 0 unspecified atom stereocenters. The summed E-state index contributed by atoms with van der Waals surface area (Å²) >= 11 is 0. The van der Waals surface area contributed by atoms with Gasteiger partial charge < -0.3 is 4.74 Å². The van der Waals surface area contributed by atoms with Crippen molar-refractivity contribution in [2.45, 2.75) is 78.0 Å². The normalized spacial score (nSPS) is 22.1. The first-order chi connectivity index (χ1) is 7.89. The quantitative estimate of drug-likeness (QED) is 0.709. The van der Waals surface area contributed by atoms with Crippen LogP contribution in [0.25, 0.3) is 0 Å². The number of carbonyl (C=O) groups is 1. The number of hydrogen-bond donors (Lipinski definition) is 0. The Kier molecular flexibility index (Phi) is 4.99. The Morgan fingerprint density at radius 1 is 1.35 bits per heavy atom. The van der Waals surface area contributed by atoms with Gasteiger partial charge in [0.05, 0.1) is 0 Å². The summed E-state index contributed by atoms with van der Waals surface area (Å²) in [6.07, 6.45) is 4.28. The number of rotatable bonds is 4. The lowest BCUT2D eigenvalue weighted by Crippen LogP contribution is -2.45. The van der Waals surface area contributed by atoms with Gasteiger partial charge in [-0.2, -0.15) is 0 Å². The number of hydrogen-bond acceptors (Lipinski definition) is 3. The van der Waals surface area contributed by atoms with Gasteiger partial charge >= 0.3 is 5.97 Å². The van der Waals surface area contributed by atoms with Gasteiger partial charge in [-0.15, -0.1) is 0 Å². The average Bonchev–Trinajstić information content (AvgIpc) is 2.66. The van der Waals surface area contributed by atoms with Crippen LogP contribution in [0.15, 0.2) is 0 Å². The summed E-state index contributed by atoms with van der Waals surface area (Å²) < 4.78 is 5.51. The maximum atomic E-state index is 12.1. The summed E-state index contributed by atoms with van der Waals surface area (Å²) in [5.41, 5.74) is -0.376. The van der Waals surface area contributed by atoms with Crippen molar-refractivity contribution in [2.24, 2.45) is 0 Å². The molecule has 0 aromatic carbocycles. The smallest absolute Gasteiger partial charge is 0.323 e. The van der Waals surface area contributed by atoms with Crippen LogP contribution in [-0.4, -0.2) is 35.1 Å². The molecular weight excluding hydrogens is 214 g/mol. The highest BCUT2D eigenvalue weighted by Crippen LogP contribution is 2.25. The van der Waals surface area contributed by atoms with Gasteiger partial charge in [-0.3, -0.25) is 9.69 Å². The molecule has 0 radical (unpaired) electrons. The number of likely N-dealkylation sites (tertiary alicyclic amines) is 1. The number of esters is 1. The molecule has 1 rings (SSSR count). The summed E-state index contributed by atoms with van der Waals surface area (Å²) in [7, 11) is 0. The van der Waals surface area contributed by atoms with Gasteiger partial charge in [0.1, 0.15) is 11.6 Å². The predicted octanol–water partition coefficient (Wildman–Crippen LogP) is 2.98. The SMILES string of the molecule is CCC(CC)N1CCC[C@@H]1C(=O)OC(C)(C)C. The molecule has 0 N–H and O–H groups in total. The second-order valence-electron chi connectivity index (χ2n) is 5.90. The van der Waals surface area contributed by atoms with E-state index in [4.69, 9.17) is 4.74 Å². The minimum Gasteiger partial charge on any atom is -0.459 e. The fourth-order valence-corrected chi connectivity index (χ4v) is 2.61. The maximum Gasteiger partial charge on any atom is 0.323 e. The number of carbonyl (C=O) groups excluding carboxylic acids is 1. The Balaban J connectivity index is 2.65. The third kappa shape index (κ3) is 3.98. The molecule has 1 heterocycles. The van der Waals surface area contributed by atoms with E-state index < -0.39 is 0 Å². The minimum absolute atomic E-state index is 0.0147. The van der Waals surface area contributed by atoms with Crippen LogP contribution in [0.5, 0.6) is 0 Å². The molecule has 100 valence electrons. The molecule has 0 spiro atoms. The first kappa shape index (κ1) is 14.5. The third-order valence-corrected chi connectivity index (χ3v) is 3.38. The Morgan fingerprint density at radius 3 is 2.41 bits per heavy atom. The summed E-state index contributed by atoms with van der Waals surface area (Å²) in [5, 5.41) is 0. The molecule has 3 heteroatoms. The Morgan fingerprint density at radius 2 is 1.94 bits per heavy atom. The fraction of sp³-hybridized carbons (Fsp3) is 0.929. The lowest BCUT2D eigenvalue weighted by molar-refractivity contribution is -0.161. The van der Waals surface area contributed by atoms with Crippen LogP contribution in [0.1, 0.15) is 60.3 Å². The van der Waals surface area contributed by atoms with Gasteiger partial charge in [0.2, 0.25) is 0 Å². The molecule has 0 amide bonds. The highest BCUT2D eigenvalue weighted by atomic mass is 16.6. The highest BCUT2D eigenvalue weighted by molar-refractivity contribution is 5.76. The zero-order valence-corrected chi connectivity index (χ0v) is 12.0. The van der Waals surface area contributed by atoms with Gasteiger partial charge in [-0.1, -0.05) is 13.8 Å². The zero-order valence-electron chi connectivity index (χ0n) is 12.0. The zero-order chi connectivity index (χ0) is 13.1. The van der Waals surface area contributed by atoms with Crippen molar-refractivity contribution in [1.29, 1.82) is 0 Å². The van der Waals surface area contributed by atoms with E-state index in [9.17, 15) is 4.79 Å². The number of ether oxygens (including phenoxy) is 1. The molecule has 0 aliphatic carbocycles. The molecule has 1 atom stereocenters. The van der Waals surface area contributed by atoms with Crippen molar-refractivity contribution in [3.63, 3.8) is 0 Å². The summed E-state index contributed by atoms with van der Waals surface area (Å²) in [6.45, 7) is 11.2. The number of nitrogens with zero attached hydrogens (tertiary/aromatic N) is 1. The van der Waals surface area contributed by atoms with E-state index in [1.807, 2.05) is 20.8 Å². The highest BCUT2D eigenvalue weighted by Gasteiger charge is 2.36. The Bertz CT molecular complexity index is 253. The van der Waals surface area contributed by atoms with Gasteiger partial charge in [0.25, 0.3) is 0 Å². The van der Waals surface area contributed by atoms with Crippen molar-refractivity contribution in [2.75, 3.05) is 6.54 Å². The topological polar surface area (TPSA) is 29.5 Å². The Labute approximate surface area is 106 Å². The predicted molar refractivity (Wildman–Crippen MR) is 69.9 cm³/mol. The van der Waals surface area contributed by atoms with Gasteiger partial charge in [-0.25, -0.2) is 0 Å². The average molecular weight is 241 g/mol. The lowest BCUT2D eigenvalue weighted by atomic mass is 10.1. The summed E-state index contributed by atoms with van der Waals surface area (Å²) in [5.74, 6) is -0.0399. The molecule has 1 aliphatic heterocycles. The van der Waals surface area contributed by atoms with E-state index in [0.29, 0.717) is 6.04 Å². The van der Waals surface area contributed by atoms with Crippen LogP contribution in [0.2, 0.25) is 0 Å². The van der Waals surface area contributed by atoms with E-state index in [1.54, 1.807) is 0 Å². The van der Waals surface area contributed by atoms with Crippen LogP contribution >= 0.6 is 0 Å². The summed E-state index contributed by atoms with van der Waals surface area (Å²) in [4.78, 5) is 14.5. The van der Waals surface area contributed by atoms with E-state index in [0.717, 1.165) is 32.2 Å². The first-order valence-electron chi connectivity index (χ1n) is 6.87. The lowest BCUT2D eigenvalue weighted by Gasteiger charge is -2.32. The fourth-order valence-electron chi connectivity index (χ4n) is 2.61. The minimum atomic E-state index is -0.376. The van der Waals surface area contributed by atoms with E-state index in [2.05, 4.69) is 18.7 Å². The molecule has 1 fully saturated rings. The molecule has 0 aromatic heterocycles. The van der Waals surface area contributed by atoms with Crippen molar-refractivity contribution >= 4 is 5.97 Å². The van der Waals surface area contributed by atoms with Crippen molar-refractivity contribution in [3.05, 3.63) is 0 Å². The van der Waals surface area contributed by atoms with Crippen molar-refractivity contribution in [3.8, 4) is 0 Å². The Hall–Kier alpha value is -0.570. The molecule has 1 aliphatic rings. The van der Waals surface area contributed by atoms with Crippen LogP contribution in [0, 0.1) is 0 Å². The van der Waals surface area contributed by atoms with Gasteiger partial charge in [0, 0.05) is 6.04 Å². The monoisotopic (exact) mass is 241 g/mol. The molecule has 17 heavy (non-hydrogen) atoms. The van der Waals surface area contributed by atoms with E-state index >= 15 is 0 Å². The molecule has 0 bridgehead atoms. The second-order valence-corrected chi connectivity index (χ2v) is 5.90. The molecule has 1 saturated heterocycles. The summed E-state index contributed by atoms with van der Waals surface area (Å²) in [6, 6.07) is 0.508. The molecule has 3 nitrogen and oxygen atoms in total. The third-order valence-electron chi connectivity index (χ3n) is 3.38. The molecule has 0 aromatic rings. The molecular formula is C14H27NO2. The largest absolute Gasteiger partial charge is 0.459 e. The van der Waals surface area contributed by atoms with Crippen molar-refractivity contribution < 1.29 is 9.53 Å². The van der Waals surface area contributed by atoms with Crippen LogP contribution in [-0.2, 0) is 9.53 Å². The van der Waals surface area contributed by atoms with E-state index in [1.165, 1.54) is 0 Å². The van der Waals surface area contributed by atoms with Gasteiger partial charge in [0.15, 0.2) is 0 Å². The molecule has 0 saturated carbocycles. The standard InChI is InChI=1S/C14H27NO2/c1-6-11(7-2)15-10-8-9-12(15)13(16)17-14(3,4)5/h11-12H,6-10H2,1-5H3/t12-/m1/s1. The van der Waals surface area contributed by atoms with E-state index in [-0.39, 0.29) is 17.6 Å². The second kappa shape index (κ2) is 5.85. The first-order valence-corrected chi connectivity index (χ1v) is 6.87. The van der Waals surface area contributed by atoms with Crippen LogP contribution in [0.3, 0.4) is 0 Å². The van der Waals surface area contributed by atoms with Crippen LogP contribution < -0.4 is 0 Å². The van der Waals surface area contributed by atoms with Crippen molar-refractivity contribution in [1.82, 2.24) is 4.90 Å². The van der Waals surface area contributed by atoms with Crippen LogP contribution in [0.4, 0.5) is 0 Å². The van der Waals surface area contributed by atoms with Gasteiger partial charge in [-0.05, 0) is 53.0 Å².